The maximum Gasteiger partial charge on any atom is 0.422 e. The van der Waals surface area contributed by atoms with Gasteiger partial charge in [0.25, 0.3) is 0 Å². The summed E-state index contributed by atoms with van der Waals surface area (Å²) in [5, 5.41) is 3.03. The Morgan fingerprint density at radius 3 is 2.85 bits per heavy atom. The molecule has 1 aromatic carbocycles. The summed E-state index contributed by atoms with van der Waals surface area (Å²) >= 11 is 1.15. The zero-order valence-corrected chi connectivity index (χ0v) is 14.5. The lowest BCUT2D eigenvalue weighted by atomic mass is 9.92. The summed E-state index contributed by atoms with van der Waals surface area (Å²) in [4.78, 5) is 16.6. The summed E-state index contributed by atoms with van der Waals surface area (Å²) < 4.78 is 47.3. The topological polar surface area (TPSA) is 86.5 Å². The normalized spacial score (nSPS) is 17.2. The van der Waals surface area contributed by atoms with Crippen molar-refractivity contribution in [2.24, 2.45) is 11.7 Å². The molecule has 1 atom stereocenters. The van der Waals surface area contributed by atoms with Crippen LogP contribution in [0.15, 0.2) is 18.2 Å². The van der Waals surface area contributed by atoms with Crippen LogP contribution in [0.3, 0.4) is 0 Å². The van der Waals surface area contributed by atoms with E-state index in [0.29, 0.717) is 28.6 Å². The molecule has 1 fully saturated rings. The molecule has 0 radical (unpaired) electrons. The molecule has 0 spiro atoms. The first-order valence-electron chi connectivity index (χ1n) is 8.06. The van der Waals surface area contributed by atoms with Crippen molar-refractivity contribution in [3.63, 3.8) is 0 Å². The van der Waals surface area contributed by atoms with Crippen LogP contribution in [0.25, 0.3) is 10.2 Å². The van der Waals surface area contributed by atoms with Gasteiger partial charge in [-0.05, 0) is 37.0 Å². The lowest BCUT2D eigenvalue weighted by Crippen LogP contribution is -2.43. The summed E-state index contributed by atoms with van der Waals surface area (Å²) in [6, 6.07) is 3.77. The summed E-state index contributed by atoms with van der Waals surface area (Å²) in [5.74, 6) is -0.180. The average Bonchev–Trinajstić information content (AvgIpc) is 3.00. The number of carbonyl (C=O) groups is 1. The predicted octanol–water partition coefficient (Wildman–Crippen LogP) is 2.93. The smallest absolute Gasteiger partial charge is 0.422 e. The predicted molar refractivity (Wildman–Crippen MR) is 91.3 cm³/mol. The number of carbonyl (C=O) groups excluding carboxylic acids is 1. The van der Waals surface area contributed by atoms with E-state index in [0.717, 1.165) is 24.2 Å². The van der Waals surface area contributed by atoms with E-state index in [1.165, 1.54) is 12.1 Å². The fourth-order valence-corrected chi connectivity index (χ4v) is 3.59. The number of anilines is 1. The Morgan fingerprint density at radius 1 is 1.42 bits per heavy atom. The molecule has 6 nitrogen and oxygen atoms in total. The Balaban J connectivity index is 1.65. The number of hydrogen-bond acceptors (Lipinski definition) is 6. The van der Waals surface area contributed by atoms with Crippen molar-refractivity contribution in [3.8, 4) is 5.75 Å². The highest BCUT2D eigenvalue weighted by Gasteiger charge is 2.29. The second kappa shape index (κ2) is 7.77. The standard InChI is InChI=1S/C16H18F3N3O3S/c17-16(18,19)8-25-10-1-2-11-12(7-10)26-15(21-11)22-14(23)13(20)9-3-5-24-6-4-9/h1-2,7,9,13H,3-6,8,20H2,(H,21,22,23). The van der Waals surface area contributed by atoms with Gasteiger partial charge in [-0.15, -0.1) is 0 Å². The van der Waals surface area contributed by atoms with Crippen LogP contribution in [0, 0.1) is 5.92 Å². The van der Waals surface area contributed by atoms with Gasteiger partial charge < -0.3 is 20.5 Å². The van der Waals surface area contributed by atoms with E-state index < -0.39 is 18.8 Å². The second-order valence-electron chi connectivity index (χ2n) is 6.02. The van der Waals surface area contributed by atoms with Crippen molar-refractivity contribution in [1.29, 1.82) is 0 Å². The maximum absolute atomic E-state index is 12.3. The molecular weight excluding hydrogens is 371 g/mol. The number of benzene rings is 1. The number of nitrogens with zero attached hydrogens (tertiary/aromatic N) is 1. The monoisotopic (exact) mass is 389 g/mol. The Hall–Kier alpha value is -1.91. The first kappa shape index (κ1) is 18.9. The van der Waals surface area contributed by atoms with Crippen LogP contribution in [-0.4, -0.2) is 42.9 Å². The fourth-order valence-electron chi connectivity index (χ4n) is 2.69. The highest BCUT2D eigenvalue weighted by atomic mass is 32.1. The van der Waals surface area contributed by atoms with E-state index in [4.69, 9.17) is 15.2 Å². The van der Waals surface area contributed by atoms with Gasteiger partial charge in [-0.25, -0.2) is 4.98 Å². The van der Waals surface area contributed by atoms with Crippen LogP contribution >= 0.6 is 11.3 Å². The van der Waals surface area contributed by atoms with Gasteiger partial charge in [-0.3, -0.25) is 4.79 Å². The number of nitrogens with two attached hydrogens (primary N) is 1. The molecule has 1 unspecified atom stereocenters. The quantitative estimate of drug-likeness (QED) is 0.821. The second-order valence-corrected chi connectivity index (χ2v) is 7.05. The van der Waals surface area contributed by atoms with Gasteiger partial charge >= 0.3 is 6.18 Å². The lowest BCUT2D eigenvalue weighted by molar-refractivity contribution is -0.153. The summed E-state index contributed by atoms with van der Waals surface area (Å²) in [6.07, 6.45) is -2.94. The molecule has 1 aromatic heterocycles. The van der Waals surface area contributed by atoms with Gasteiger partial charge in [-0.1, -0.05) is 11.3 Å². The molecule has 142 valence electrons. The Morgan fingerprint density at radius 2 is 2.15 bits per heavy atom. The Labute approximate surface area is 151 Å². The van der Waals surface area contributed by atoms with Crippen LogP contribution in [0.1, 0.15) is 12.8 Å². The number of aromatic nitrogens is 1. The zero-order valence-electron chi connectivity index (χ0n) is 13.7. The molecule has 2 aromatic rings. The van der Waals surface area contributed by atoms with Crippen LogP contribution in [-0.2, 0) is 9.53 Å². The number of nitrogens with one attached hydrogen (secondary N) is 1. The van der Waals surface area contributed by atoms with Gasteiger partial charge in [0.15, 0.2) is 11.7 Å². The third kappa shape index (κ3) is 4.83. The Bertz CT molecular complexity index is 775. The molecule has 26 heavy (non-hydrogen) atoms. The van der Waals surface area contributed by atoms with Gasteiger partial charge in [-0.2, -0.15) is 13.2 Å². The first-order valence-corrected chi connectivity index (χ1v) is 8.88. The van der Waals surface area contributed by atoms with Crippen molar-refractivity contribution in [1.82, 2.24) is 4.98 Å². The number of hydrogen-bond donors (Lipinski definition) is 2. The molecule has 1 aliphatic heterocycles. The third-order valence-electron chi connectivity index (χ3n) is 4.07. The minimum Gasteiger partial charge on any atom is -0.484 e. The molecule has 0 aliphatic carbocycles. The number of rotatable bonds is 5. The lowest BCUT2D eigenvalue weighted by Gasteiger charge is -2.26. The van der Waals surface area contributed by atoms with Gasteiger partial charge in [0.05, 0.1) is 16.3 Å². The van der Waals surface area contributed by atoms with Gasteiger partial charge in [0, 0.05) is 13.2 Å². The molecule has 10 heteroatoms. The van der Waals surface area contributed by atoms with Crippen LogP contribution in [0.4, 0.5) is 18.3 Å². The summed E-state index contributed by atoms with van der Waals surface area (Å²) in [6.45, 7) is -0.179. The molecule has 1 saturated heterocycles. The van der Waals surface area contributed by atoms with Crippen LogP contribution in [0.5, 0.6) is 5.75 Å². The summed E-state index contributed by atoms with van der Waals surface area (Å²) in [7, 11) is 0. The molecule has 0 bridgehead atoms. The largest absolute Gasteiger partial charge is 0.484 e. The number of alkyl halides is 3. The fraction of sp³-hybridized carbons (Fsp3) is 0.500. The van der Waals surface area contributed by atoms with Gasteiger partial charge in [0.1, 0.15) is 5.75 Å². The molecule has 3 rings (SSSR count). The van der Waals surface area contributed by atoms with E-state index in [-0.39, 0.29) is 17.6 Å². The van der Waals surface area contributed by atoms with E-state index in [2.05, 4.69) is 10.3 Å². The molecule has 1 aliphatic rings. The number of thiazole rings is 1. The number of ether oxygens (including phenoxy) is 2. The van der Waals surface area contributed by atoms with Gasteiger partial charge in [0.2, 0.25) is 5.91 Å². The van der Waals surface area contributed by atoms with Crippen molar-refractivity contribution >= 4 is 32.6 Å². The van der Waals surface area contributed by atoms with Crippen molar-refractivity contribution in [2.45, 2.75) is 25.1 Å². The zero-order chi connectivity index (χ0) is 18.7. The van der Waals surface area contributed by atoms with Crippen molar-refractivity contribution < 1.29 is 27.4 Å². The first-order chi connectivity index (χ1) is 12.3. The SMILES string of the molecule is NC(C(=O)Nc1nc2ccc(OCC(F)(F)F)cc2s1)C1CCOCC1. The van der Waals surface area contributed by atoms with Crippen LogP contribution in [0.2, 0.25) is 0 Å². The third-order valence-corrected chi connectivity index (χ3v) is 5.00. The summed E-state index contributed by atoms with van der Waals surface area (Å²) in [5.41, 5.74) is 6.58. The Kier molecular flexibility index (Phi) is 5.64. The van der Waals surface area contributed by atoms with E-state index in [1.807, 2.05) is 0 Å². The number of halogens is 3. The van der Waals surface area contributed by atoms with Crippen molar-refractivity contribution in [2.75, 3.05) is 25.1 Å². The molecule has 0 saturated carbocycles. The highest BCUT2D eigenvalue weighted by Crippen LogP contribution is 2.30. The molecule has 3 N–H and O–H groups in total. The van der Waals surface area contributed by atoms with E-state index in [9.17, 15) is 18.0 Å². The molecule has 2 heterocycles. The van der Waals surface area contributed by atoms with E-state index in [1.54, 1.807) is 6.07 Å². The average molecular weight is 389 g/mol. The minimum absolute atomic E-state index is 0.0560. The van der Waals surface area contributed by atoms with Crippen LogP contribution < -0.4 is 15.8 Å². The van der Waals surface area contributed by atoms with Crippen molar-refractivity contribution in [3.05, 3.63) is 18.2 Å². The molecular formula is C16H18F3N3O3S. The number of fused-ring (bicyclic) bond motifs is 1. The molecule has 1 amide bonds. The minimum atomic E-state index is -4.40. The maximum atomic E-state index is 12.3. The highest BCUT2D eigenvalue weighted by molar-refractivity contribution is 7.22. The number of amides is 1. The van der Waals surface area contributed by atoms with E-state index >= 15 is 0 Å².